The second-order valence-corrected chi connectivity index (χ2v) is 12.9. The maximum Gasteiger partial charge on any atom is 0.273 e. The number of hydrogen-bond acceptors (Lipinski definition) is 5. The van der Waals surface area contributed by atoms with Crippen LogP contribution in [-0.4, -0.2) is 54.4 Å². The molecule has 1 atom stereocenters. The van der Waals surface area contributed by atoms with Gasteiger partial charge in [0.15, 0.2) is 5.69 Å². The highest BCUT2D eigenvalue weighted by molar-refractivity contribution is 7.90. The molecule has 0 spiro atoms. The lowest BCUT2D eigenvalue weighted by atomic mass is 9.86. The van der Waals surface area contributed by atoms with E-state index in [9.17, 15) is 22.4 Å². The third kappa shape index (κ3) is 6.51. The maximum atomic E-state index is 13.4. The minimum absolute atomic E-state index is 0.0618. The zero-order valence-corrected chi connectivity index (χ0v) is 23.0. The minimum atomic E-state index is -3.35. The van der Waals surface area contributed by atoms with Gasteiger partial charge in [0.25, 0.3) is 5.91 Å². The molecule has 0 radical (unpaired) electrons. The summed E-state index contributed by atoms with van der Waals surface area (Å²) in [6.45, 7) is 5.85. The summed E-state index contributed by atoms with van der Waals surface area (Å²) in [5.41, 5.74) is 0.760. The van der Waals surface area contributed by atoms with Gasteiger partial charge in [0.2, 0.25) is 15.9 Å². The number of rotatable bonds is 10. The quantitative estimate of drug-likeness (QED) is 0.327. The lowest BCUT2D eigenvalue weighted by molar-refractivity contribution is -0.125. The summed E-state index contributed by atoms with van der Waals surface area (Å²) in [4.78, 5) is 26.5. The van der Waals surface area contributed by atoms with Crippen molar-refractivity contribution in [3.05, 3.63) is 64.6 Å². The summed E-state index contributed by atoms with van der Waals surface area (Å²) in [5, 5.41) is 10.6. The molecule has 4 rings (SSSR count). The largest absolute Gasteiger partial charge is 0.353 e. The topological polar surface area (TPSA) is 122 Å². The van der Waals surface area contributed by atoms with Gasteiger partial charge < -0.3 is 10.6 Å². The molecule has 2 aromatic carbocycles. The van der Waals surface area contributed by atoms with Gasteiger partial charge in [-0.05, 0) is 42.0 Å². The summed E-state index contributed by atoms with van der Waals surface area (Å²) in [6.07, 6.45) is 1.30. The van der Waals surface area contributed by atoms with E-state index in [1.807, 2.05) is 20.8 Å². The molecule has 0 bridgehead atoms. The summed E-state index contributed by atoms with van der Waals surface area (Å²) >= 11 is 6.46. The third-order valence-electron chi connectivity index (χ3n) is 6.28. The highest BCUT2D eigenvalue weighted by Crippen LogP contribution is 2.28. The van der Waals surface area contributed by atoms with Crippen molar-refractivity contribution < 1.29 is 22.4 Å². The highest BCUT2D eigenvalue weighted by Gasteiger charge is 2.36. The Morgan fingerprint density at radius 2 is 1.82 bits per heavy atom. The molecule has 9 nitrogen and oxygen atoms in total. The van der Waals surface area contributed by atoms with Gasteiger partial charge in [0.05, 0.1) is 22.3 Å². The van der Waals surface area contributed by atoms with E-state index >= 15 is 0 Å². The van der Waals surface area contributed by atoms with E-state index in [4.69, 9.17) is 11.6 Å². The number of halogens is 2. The number of aromatic nitrogens is 2. The Morgan fingerprint density at radius 1 is 1.13 bits per heavy atom. The van der Waals surface area contributed by atoms with Gasteiger partial charge in [-0.2, -0.15) is 5.10 Å². The van der Waals surface area contributed by atoms with Crippen molar-refractivity contribution >= 4 is 44.3 Å². The smallest absolute Gasteiger partial charge is 0.273 e. The molecule has 0 saturated heterocycles. The Labute approximate surface area is 226 Å². The number of carbonyl (C=O) groups excluding carboxylic acids is 2. The van der Waals surface area contributed by atoms with E-state index in [0.717, 1.165) is 5.56 Å². The second-order valence-electron chi connectivity index (χ2n) is 10.5. The Morgan fingerprint density at radius 3 is 2.45 bits per heavy atom. The number of hydrogen-bond donors (Lipinski definition) is 3. The summed E-state index contributed by atoms with van der Waals surface area (Å²) in [5.74, 6) is -1.35. The molecule has 1 saturated carbocycles. The summed E-state index contributed by atoms with van der Waals surface area (Å²) in [6, 6.07) is 10.2. The molecule has 38 heavy (non-hydrogen) atoms. The van der Waals surface area contributed by atoms with E-state index in [-0.39, 0.29) is 36.4 Å². The van der Waals surface area contributed by atoms with Crippen LogP contribution >= 0.6 is 11.6 Å². The summed E-state index contributed by atoms with van der Waals surface area (Å²) in [7, 11) is -3.35. The average molecular weight is 564 g/mol. The fraction of sp³-hybridized carbons (Fsp3) is 0.423. The first-order valence-corrected chi connectivity index (χ1v) is 14.3. The van der Waals surface area contributed by atoms with Gasteiger partial charge >= 0.3 is 0 Å². The van der Waals surface area contributed by atoms with Gasteiger partial charge in [-0.25, -0.2) is 17.5 Å². The number of carbonyl (C=O) groups is 2. The van der Waals surface area contributed by atoms with Gasteiger partial charge in [0, 0.05) is 18.5 Å². The van der Waals surface area contributed by atoms with E-state index in [0.29, 0.717) is 28.8 Å². The molecule has 0 aliphatic heterocycles. The third-order valence-corrected chi connectivity index (χ3v) is 8.54. The van der Waals surface area contributed by atoms with Crippen molar-refractivity contribution in [2.75, 3.05) is 13.1 Å². The van der Waals surface area contributed by atoms with Crippen molar-refractivity contribution in [1.29, 1.82) is 0 Å². The molecule has 1 aromatic heterocycles. The lowest BCUT2D eigenvalue weighted by Crippen LogP contribution is -2.54. The predicted molar refractivity (Wildman–Crippen MR) is 144 cm³/mol. The second kappa shape index (κ2) is 11.0. The van der Waals surface area contributed by atoms with E-state index in [1.54, 1.807) is 35.0 Å². The molecule has 1 heterocycles. The molecule has 3 N–H and O–H groups in total. The first kappa shape index (κ1) is 28.0. The van der Waals surface area contributed by atoms with Crippen molar-refractivity contribution in [1.82, 2.24) is 25.1 Å². The number of amides is 2. The molecule has 204 valence electrons. The number of para-hydroxylation sites is 1. The molecular weight excluding hydrogens is 533 g/mol. The molecule has 3 aromatic rings. The monoisotopic (exact) mass is 563 g/mol. The maximum absolute atomic E-state index is 13.4. The first-order valence-electron chi connectivity index (χ1n) is 12.3. The number of sulfonamides is 1. The van der Waals surface area contributed by atoms with Gasteiger partial charge in [0.1, 0.15) is 11.9 Å². The van der Waals surface area contributed by atoms with Crippen LogP contribution in [0.3, 0.4) is 0 Å². The standard InChI is InChI=1S/C26H31ClFN5O4S/c1-26(2,3)23(25(35)29-13-14-30-38(36,37)18-11-12-18)31-24(34)21-19-5-4-6-20(27)22(19)33(32-21)15-16-7-9-17(28)10-8-16/h4-10,18,23,30H,11-15H2,1-3H3,(H,29,35)(H,31,34)/t23-/m1/s1. The Hall–Kier alpha value is -3.02. The zero-order valence-electron chi connectivity index (χ0n) is 21.4. The van der Waals surface area contributed by atoms with Crippen LogP contribution in [-0.2, 0) is 21.4 Å². The molecule has 0 unspecified atom stereocenters. The number of fused-ring (bicyclic) bond motifs is 1. The highest BCUT2D eigenvalue weighted by atomic mass is 35.5. The normalized spacial score (nSPS) is 14.9. The first-order chi connectivity index (χ1) is 17.9. The average Bonchev–Trinajstić information content (AvgIpc) is 3.64. The molecule has 1 aliphatic carbocycles. The van der Waals surface area contributed by atoms with Gasteiger partial charge in [-0.15, -0.1) is 0 Å². The predicted octanol–water partition coefficient (Wildman–Crippen LogP) is 3.22. The van der Waals surface area contributed by atoms with Crippen molar-refractivity contribution in [3.63, 3.8) is 0 Å². The fourth-order valence-corrected chi connectivity index (χ4v) is 5.74. The molecular formula is C26H31ClFN5O4S. The Kier molecular flexibility index (Phi) is 8.10. The number of nitrogens with zero attached hydrogens (tertiary/aromatic N) is 2. The number of benzene rings is 2. The van der Waals surface area contributed by atoms with Crippen LogP contribution in [0.25, 0.3) is 10.9 Å². The molecule has 12 heteroatoms. The molecule has 1 fully saturated rings. The minimum Gasteiger partial charge on any atom is -0.353 e. The SMILES string of the molecule is CC(C)(C)[C@H](NC(=O)c1nn(Cc2ccc(F)cc2)c2c(Cl)cccc12)C(=O)NCCNS(=O)(=O)C1CC1. The van der Waals surface area contributed by atoms with Gasteiger partial charge in [-0.1, -0.05) is 56.6 Å². The zero-order chi connectivity index (χ0) is 27.7. The Balaban J connectivity index is 1.51. The number of nitrogens with one attached hydrogen (secondary N) is 3. The van der Waals surface area contributed by atoms with E-state index in [2.05, 4.69) is 20.5 Å². The lowest BCUT2D eigenvalue weighted by Gasteiger charge is -2.30. The van der Waals surface area contributed by atoms with E-state index < -0.39 is 33.3 Å². The van der Waals surface area contributed by atoms with Crippen LogP contribution in [0.4, 0.5) is 4.39 Å². The van der Waals surface area contributed by atoms with Crippen LogP contribution in [0.5, 0.6) is 0 Å². The molecule has 2 amide bonds. The van der Waals surface area contributed by atoms with E-state index in [1.165, 1.54) is 12.1 Å². The summed E-state index contributed by atoms with van der Waals surface area (Å²) < 4.78 is 41.4. The Bertz CT molecular complexity index is 1450. The van der Waals surface area contributed by atoms with Crippen LogP contribution in [0.1, 0.15) is 49.7 Å². The van der Waals surface area contributed by atoms with Crippen molar-refractivity contribution in [2.24, 2.45) is 5.41 Å². The van der Waals surface area contributed by atoms with Crippen molar-refractivity contribution in [2.45, 2.75) is 51.4 Å². The van der Waals surface area contributed by atoms with Crippen LogP contribution in [0.2, 0.25) is 5.02 Å². The van der Waals surface area contributed by atoms with Crippen LogP contribution < -0.4 is 15.4 Å². The van der Waals surface area contributed by atoms with Crippen LogP contribution in [0.15, 0.2) is 42.5 Å². The molecule has 1 aliphatic rings. The van der Waals surface area contributed by atoms with Crippen LogP contribution in [0, 0.1) is 11.2 Å². The van der Waals surface area contributed by atoms with Gasteiger partial charge in [-0.3, -0.25) is 14.3 Å². The fourth-order valence-electron chi connectivity index (χ4n) is 4.09. The van der Waals surface area contributed by atoms with Crippen molar-refractivity contribution in [3.8, 4) is 0 Å².